The number of carboxylic acids is 1. The molecule has 2 aromatic carbocycles. The molecule has 7 heteroatoms. The van der Waals surface area contributed by atoms with Gasteiger partial charge in [0.25, 0.3) is 0 Å². The van der Waals surface area contributed by atoms with Gasteiger partial charge in [0.2, 0.25) is 9.84 Å². The fourth-order valence-corrected chi connectivity index (χ4v) is 4.89. The average Bonchev–Trinajstić information content (AvgIpc) is 2.73. The van der Waals surface area contributed by atoms with Crippen molar-refractivity contribution in [1.82, 2.24) is 4.98 Å². The van der Waals surface area contributed by atoms with Gasteiger partial charge >= 0.3 is 5.97 Å². The third-order valence-electron chi connectivity index (χ3n) is 5.21. The number of rotatable bonds is 4. The number of carboxylic acid groups (broad SMARTS) is 1. The van der Waals surface area contributed by atoms with Crippen LogP contribution in [0.4, 0.5) is 5.69 Å². The Morgan fingerprint density at radius 3 is 2.39 bits per heavy atom. The molecule has 0 amide bonds. The van der Waals surface area contributed by atoms with Gasteiger partial charge in [0.05, 0.1) is 26.9 Å². The number of hydrogen-bond donors (Lipinski definition) is 1. The fourth-order valence-electron chi connectivity index (χ4n) is 3.63. The van der Waals surface area contributed by atoms with Crippen LogP contribution in [0, 0.1) is 5.92 Å². The van der Waals surface area contributed by atoms with Crippen LogP contribution >= 0.6 is 0 Å². The van der Waals surface area contributed by atoms with Crippen molar-refractivity contribution in [2.75, 3.05) is 18.0 Å². The van der Waals surface area contributed by atoms with Gasteiger partial charge in [0.1, 0.15) is 0 Å². The minimum absolute atomic E-state index is 0.160. The Morgan fingerprint density at radius 2 is 1.71 bits per heavy atom. The van der Waals surface area contributed by atoms with E-state index < -0.39 is 15.8 Å². The van der Waals surface area contributed by atoms with E-state index in [1.165, 1.54) is 6.20 Å². The number of hydrogen-bond acceptors (Lipinski definition) is 5. The normalized spacial score (nSPS) is 15.6. The Balaban J connectivity index is 1.69. The number of aliphatic carboxylic acids is 1. The summed E-state index contributed by atoms with van der Waals surface area (Å²) in [4.78, 5) is 18.2. The van der Waals surface area contributed by atoms with E-state index in [4.69, 9.17) is 0 Å². The fraction of sp³-hybridized carbons (Fsp3) is 0.238. The lowest BCUT2D eigenvalue weighted by Crippen LogP contribution is -2.36. The minimum Gasteiger partial charge on any atom is -0.481 e. The lowest BCUT2D eigenvalue weighted by Gasteiger charge is -2.32. The summed E-state index contributed by atoms with van der Waals surface area (Å²) in [7, 11) is -3.63. The van der Waals surface area contributed by atoms with Crippen molar-refractivity contribution in [2.45, 2.75) is 22.6 Å². The summed E-state index contributed by atoms with van der Waals surface area (Å²) >= 11 is 0. The van der Waals surface area contributed by atoms with Crippen molar-refractivity contribution in [3.05, 3.63) is 60.8 Å². The van der Waals surface area contributed by atoms with Crippen LogP contribution in [0.25, 0.3) is 10.9 Å². The van der Waals surface area contributed by atoms with Crippen LogP contribution in [0.2, 0.25) is 0 Å². The predicted molar refractivity (Wildman–Crippen MR) is 106 cm³/mol. The van der Waals surface area contributed by atoms with Crippen LogP contribution in [-0.2, 0) is 14.6 Å². The number of aromatic nitrogens is 1. The van der Waals surface area contributed by atoms with Gasteiger partial charge in [-0.1, -0.05) is 30.3 Å². The van der Waals surface area contributed by atoms with Gasteiger partial charge < -0.3 is 10.0 Å². The molecular weight excluding hydrogens is 376 g/mol. The second kappa shape index (κ2) is 7.24. The first kappa shape index (κ1) is 18.4. The molecule has 1 fully saturated rings. The van der Waals surface area contributed by atoms with Crippen LogP contribution in [0.3, 0.4) is 0 Å². The zero-order chi connectivity index (χ0) is 19.7. The van der Waals surface area contributed by atoms with E-state index in [9.17, 15) is 18.3 Å². The monoisotopic (exact) mass is 396 g/mol. The summed E-state index contributed by atoms with van der Waals surface area (Å²) < 4.78 is 25.7. The first-order valence-electron chi connectivity index (χ1n) is 9.13. The maximum Gasteiger partial charge on any atom is 0.306 e. The van der Waals surface area contributed by atoms with E-state index in [1.54, 1.807) is 36.4 Å². The Bertz CT molecular complexity index is 1120. The average molecular weight is 396 g/mol. The summed E-state index contributed by atoms with van der Waals surface area (Å²) in [6, 6.07) is 15.6. The maximum atomic E-state index is 12.9. The van der Waals surface area contributed by atoms with Gasteiger partial charge in [0.15, 0.2) is 0 Å². The molecule has 0 unspecified atom stereocenters. The van der Waals surface area contributed by atoms with E-state index in [0.717, 1.165) is 16.6 Å². The highest BCUT2D eigenvalue weighted by Crippen LogP contribution is 2.31. The molecule has 6 nitrogen and oxygen atoms in total. The molecule has 0 atom stereocenters. The second-order valence-electron chi connectivity index (χ2n) is 6.94. The lowest BCUT2D eigenvalue weighted by atomic mass is 9.96. The highest BCUT2D eigenvalue weighted by molar-refractivity contribution is 7.91. The summed E-state index contributed by atoms with van der Waals surface area (Å²) in [6.07, 6.45) is 2.58. The van der Waals surface area contributed by atoms with E-state index >= 15 is 0 Å². The number of anilines is 1. The van der Waals surface area contributed by atoms with E-state index in [0.29, 0.717) is 25.9 Å². The van der Waals surface area contributed by atoms with Crippen molar-refractivity contribution < 1.29 is 18.3 Å². The van der Waals surface area contributed by atoms with Gasteiger partial charge in [-0.05, 0) is 37.1 Å². The number of pyridine rings is 1. The third-order valence-corrected chi connectivity index (χ3v) is 6.95. The smallest absolute Gasteiger partial charge is 0.306 e. The van der Waals surface area contributed by atoms with Crippen LogP contribution in [0.15, 0.2) is 70.6 Å². The Kier molecular flexibility index (Phi) is 4.77. The number of benzene rings is 2. The predicted octanol–water partition coefficient (Wildman–Crippen LogP) is 3.37. The van der Waals surface area contributed by atoms with Crippen LogP contribution < -0.4 is 4.90 Å². The quantitative estimate of drug-likeness (QED) is 0.728. The Morgan fingerprint density at radius 1 is 1.00 bits per heavy atom. The number of carbonyl (C=O) groups is 1. The second-order valence-corrected chi connectivity index (χ2v) is 8.89. The molecule has 0 spiro atoms. The molecule has 1 aliphatic rings. The molecular formula is C21H20N2O4S. The summed E-state index contributed by atoms with van der Waals surface area (Å²) in [5, 5.41) is 9.93. The molecule has 1 aliphatic heterocycles. The third kappa shape index (κ3) is 3.33. The molecule has 2 heterocycles. The molecule has 1 N–H and O–H groups in total. The zero-order valence-electron chi connectivity index (χ0n) is 15.2. The molecule has 3 aromatic rings. The van der Waals surface area contributed by atoms with Gasteiger partial charge in [-0.3, -0.25) is 9.78 Å². The zero-order valence-corrected chi connectivity index (χ0v) is 16.0. The number of para-hydroxylation sites is 1. The first-order valence-corrected chi connectivity index (χ1v) is 10.6. The van der Waals surface area contributed by atoms with Gasteiger partial charge in [-0.15, -0.1) is 0 Å². The van der Waals surface area contributed by atoms with Crippen molar-refractivity contribution in [2.24, 2.45) is 5.92 Å². The van der Waals surface area contributed by atoms with Crippen molar-refractivity contribution in [3.63, 3.8) is 0 Å². The van der Waals surface area contributed by atoms with Crippen LogP contribution in [0.1, 0.15) is 12.8 Å². The summed E-state index contributed by atoms with van der Waals surface area (Å²) in [5.74, 6) is -1.05. The van der Waals surface area contributed by atoms with Crippen molar-refractivity contribution in [1.29, 1.82) is 0 Å². The molecule has 0 saturated carbocycles. The Hall–Kier alpha value is -2.93. The first-order chi connectivity index (χ1) is 13.5. The molecule has 0 aliphatic carbocycles. The largest absolute Gasteiger partial charge is 0.481 e. The van der Waals surface area contributed by atoms with Gasteiger partial charge in [-0.25, -0.2) is 8.42 Å². The summed E-state index contributed by atoms with van der Waals surface area (Å²) in [5.41, 5.74) is 1.63. The van der Waals surface area contributed by atoms with Crippen LogP contribution in [-0.4, -0.2) is 37.6 Å². The number of piperidine rings is 1. The molecule has 1 aromatic heterocycles. The highest BCUT2D eigenvalue weighted by atomic mass is 32.2. The molecule has 28 heavy (non-hydrogen) atoms. The molecule has 144 valence electrons. The lowest BCUT2D eigenvalue weighted by molar-refractivity contribution is -0.142. The summed E-state index contributed by atoms with van der Waals surface area (Å²) in [6.45, 7) is 1.28. The highest BCUT2D eigenvalue weighted by Gasteiger charge is 2.26. The number of nitrogens with zero attached hydrogens (tertiary/aromatic N) is 2. The van der Waals surface area contributed by atoms with Crippen molar-refractivity contribution in [3.8, 4) is 0 Å². The SMILES string of the molecule is O=C(O)C1CCN(c2cccc3cc(S(=O)(=O)c4ccccc4)cnc23)CC1. The number of sulfone groups is 1. The van der Waals surface area contributed by atoms with Gasteiger partial charge in [-0.2, -0.15) is 0 Å². The molecule has 0 radical (unpaired) electrons. The van der Waals surface area contributed by atoms with E-state index in [-0.39, 0.29) is 15.7 Å². The minimum atomic E-state index is -3.63. The molecule has 0 bridgehead atoms. The maximum absolute atomic E-state index is 12.9. The standard InChI is InChI=1S/C21H20N2O4S/c24-21(25)15-9-11-23(12-10-15)19-8-4-5-16-13-18(14-22-20(16)19)28(26,27)17-6-2-1-3-7-17/h1-8,13-15H,9-12H2,(H,24,25). The molecule has 4 rings (SSSR count). The van der Waals surface area contributed by atoms with Crippen molar-refractivity contribution >= 4 is 32.4 Å². The topological polar surface area (TPSA) is 87.6 Å². The number of fused-ring (bicyclic) bond motifs is 1. The van der Waals surface area contributed by atoms with Gasteiger partial charge in [0, 0.05) is 24.7 Å². The molecule has 1 saturated heterocycles. The van der Waals surface area contributed by atoms with E-state index in [1.807, 2.05) is 18.2 Å². The van der Waals surface area contributed by atoms with Crippen LogP contribution in [0.5, 0.6) is 0 Å². The Labute approximate surface area is 163 Å². The van der Waals surface area contributed by atoms with E-state index in [2.05, 4.69) is 9.88 Å².